The van der Waals surface area contributed by atoms with Gasteiger partial charge in [0, 0.05) is 47.7 Å². The summed E-state index contributed by atoms with van der Waals surface area (Å²) in [7, 11) is -9.95. The first kappa shape index (κ1) is 41.2. The predicted octanol–water partition coefficient (Wildman–Crippen LogP) is 10.1. The van der Waals surface area contributed by atoms with Crippen molar-refractivity contribution in [2.24, 2.45) is 0 Å². The van der Waals surface area contributed by atoms with E-state index in [-0.39, 0.29) is 11.8 Å². The quantitative estimate of drug-likeness (QED) is 0.109. The molecule has 6 heteroatoms. The Morgan fingerprint density at radius 2 is 0.633 bits per heavy atom. The van der Waals surface area contributed by atoms with E-state index in [0.717, 1.165) is 60.2 Å². The van der Waals surface area contributed by atoms with Crippen LogP contribution in [0.1, 0.15) is 49.3 Å². The zero-order chi connectivity index (χ0) is 41.7. The van der Waals surface area contributed by atoms with Crippen LogP contribution >= 0.6 is 21.4 Å². The Bertz CT molecular complexity index is 2760. The van der Waals surface area contributed by atoms with Gasteiger partial charge in [0.05, 0.1) is 0 Å². The summed E-state index contributed by atoms with van der Waals surface area (Å²) in [5, 5.41) is 6.71. The summed E-state index contributed by atoms with van der Waals surface area (Å²) in [6.45, 7) is 6.45. The highest BCUT2D eigenvalue weighted by atomic mass is 31.2. The van der Waals surface area contributed by atoms with Gasteiger partial charge in [0.15, 0.2) is 21.4 Å². The lowest BCUT2D eigenvalue weighted by Gasteiger charge is -2.26. The summed E-state index contributed by atoms with van der Waals surface area (Å²) in [5.74, 6) is 0.219. The fraction of sp³-hybridized carbons (Fsp3) is 0.111. The van der Waals surface area contributed by atoms with Crippen LogP contribution in [0.5, 0.6) is 0 Å². The average molecular weight is 839 g/mol. The van der Waals surface area contributed by atoms with Crippen LogP contribution in [-0.2, 0) is 20.1 Å². The highest BCUT2D eigenvalue weighted by Crippen LogP contribution is 2.47. The van der Waals surface area contributed by atoms with E-state index in [0.29, 0.717) is 10.6 Å². The smallest absolute Gasteiger partial charge is 0.171 e. The summed E-state index contributed by atoms with van der Waals surface area (Å²) in [4.78, 5) is 0. The first-order valence-electron chi connectivity index (χ1n) is 20.6. The summed E-state index contributed by atoms with van der Waals surface area (Å²) >= 11 is 0. The van der Waals surface area contributed by atoms with Crippen molar-refractivity contribution in [3.05, 3.63) is 235 Å². The Morgan fingerprint density at radius 3 is 1.00 bits per heavy atom. The molecule has 0 fully saturated rings. The van der Waals surface area contributed by atoms with E-state index in [2.05, 4.69) is 57.2 Å². The zero-order valence-corrected chi connectivity index (χ0v) is 36.9. The second-order valence-corrected chi connectivity index (χ2v) is 24.1. The minimum atomic E-state index is -3.47. The van der Waals surface area contributed by atoms with Gasteiger partial charge in [-0.15, -0.1) is 0 Å². The fourth-order valence-corrected chi connectivity index (χ4v) is 16.4. The Labute approximate surface area is 355 Å². The van der Waals surface area contributed by atoms with Gasteiger partial charge in [0.1, 0.15) is 0 Å². The van der Waals surface area contributed by atoms with Crippen LogP contribution in [0.15, 0.2) is 218 Å². The number of rotatable bonds is 13. The van der Waals surface area contributed by atoms with Crippen LogP contribution in [0.25, 0.3) is 0 Å². The molecule has 0 spiro atoms. The minimum absolute atomic E-state index is 0.101. The summed E-state index contributed by atoms with van der Waals surface area (Å²) in [6.07, 6.45) is 0.741. The van der Waals surface area contributed by atoms with Crippen LogP contribution in [0.4, 0.5) is 0 Å². The van der Waals surface area contributed by atoms with Gasteiger partial charge in [-0.1, -0.05) is 215 Å². The Balaban J connectivity index is 1.18. The maximum atomic E-state index is 16.1. The highest BCUT2D eigenvalue weighted by Gasteiger charge is 2.36. The van der Waals surface area contributed by atoms with Crippen LogP contribution in [0.3, 0.4) is 0 Å². The molecule has 8 aromatic carbocycles. The van der Waals surface area contributed by atoms with Crippen molar-refractivity contribution < 1.29 is 13.7 Å². The molecule has 2 atom stereocenters. The van der Waals surface area contributed by atoms with Gasteiger partial charge in [-0.3, -0.25) is 0 Å². The molecule has 60 heavy (non-hydrogen) atoms. The van der Waals surface area contributed by atoms with Crippen LogP contribution in [0, 0.1) is 0 Å². The van der Waals surface area contributed by atoms with E-state index in [4.69, 9.17) is 0 Å². The van der Waals surface area contributed by atoms with Crippen molar-refractivity contribution in [2.45, 2.75) is 39.0 Å². The standard InChI is InChI=1S/C54H49O3P3/c1-41(2)45-38-53(59(56,48-25-13-6-14-26-48)49-27-15-7-16-28-49)40-54(39-45)60(57,50-29-17-8-18-30-50)51-34-32-43(33-35-51)36-42(3)44-20-19-31-52(37-44)58(55,46-21-9-4-10-22-46)47-23-11-5-12-24-47/h4-35,37-42H,36H2,1-3H3. The molecule has 0 aliphatic carbocycles. The topological polar surface area (TPSA) is 51.2 Å². The molecule has 0 saturated carbocycles. The molecule has 2 unspecified atom stereocenters. The molecule has 0 bridgehead atoms. The van der Waals surface area contributed by atoms with Gasteiger partial charge in [-0.2, -0.15) is 0 Å². The van der Waals surface area contributed by atoms with E-state index in [1.165, 1.54) is 0 Å². The minimum Gasteiger partial charge on any atom is -0.309 e. The van der Waals surface area contributed by atoms with E-state index < -0.39 is 21.4 Å². The summed E-state index contributed by atoms with van der Waals surface area (Å²) in [6, 6.07) is 71.2. The van der Waals surface area contributed by atoms with Gasteiger partial charge in [-0.25, -0.2) is 0 Å². The second-order valence-electron chi connectivity index (χ2n) is 15.8. The molecular formula is C54H49O3P3. The van der Waals surface area contributed by atoms with Crippen molar-refractivity contribution in [1.82, 2.24) is 0 Å². The molecule has 0 heterocycles. The summed E-state index contributed by atoms with van der Waals surface area (Å²) in [5.41, 5.74) is 3.21. The lowest BCUT2D eigenvalue weighted by molar-refractivity contribution is 0.591. The largest absolute Gasteiger partial charge is 0.309 e. The monoisotopic (exact) mass is 838 g/mol. The number of hydrogen-bond donors (Lipinski definition) is 0. The molecule has 298 valence electrons. The molecule has 0 N–H and O–H groups in total. The van der Waals surface area contributed by atoms with E-state index >= 15 is 13.7 Å². The van der Waals surface area contributed by atoms with Crippen molar-refractivity contribution in [2.75, 3.05) is 0 Å². The maximum Gasteiger partial charge on any atom is 0.171 e. The normalized spacial score (nSPS) is 13.4. The lowest BCUT2D eigenvalue weighted by atomic mass is 9.94. The SMILES string of the molecule is CC(C)c1cc(P(=O)(c2ccccc2)c2ccccc2)cc(P(=O)(c2ccccc2)c2ccc(CC(C)c3cccc(P(=O)(c4ccccc4)c4ccccc4)c3)cc2)c1. The lowest BCUT2D eigenvalue weighted by Crippen LogP contribution is -2.31. The van der Waals surface area contributed by atoms with Crippen molar-refractivity contribution >= 4 is 69.2 Å². The van der Waals surface area contributed by atoms with Crippen LogP contribution in [0.2, 0.25) is 0 Å². The Morgan fingerprint density at radius 1 is 0.317 bits per heavy atom. The van der Waals surface area contributed by atoms with Crippen molar-refractivity contribution in [1.29, 1.82) is 0 Å². The third-order valence-corrected chi connectivity index (χ3v) is 20.7. The van der Waals surface area contributed by atoms with Crippen molar-refractivity contribution in [3.63, 3.8) is 0 Å². The van der Waals surface area contributed by atoms with Gasteiger partial charge in [0.2, 0.25) is 0 Å². The van der Waals surface area contributed by atoms with Gasteiger partial charge in [-0.05, 0) is 59.2 Å². The number of benzene rings is 8. The highest BCUT2D eigenvalue weighted by molar-refractivity contribution is 7.87. The molecule has 0 aromatic heterocycles. The zero-order valence-electron chi connectivity index (χ0n) is 34.2. The maximum absolute atomic E-state index is 16.1. The predicted molar refractivity (Wildman–Crippen MR) is 257 cm³/mol. The molecule has 0 radical (unpaired) electrons. The molecule has 8 rings (SSSR count). The van der Waals surface area contributed by atoms with Crippen LogP contribution in [-0.4, -0.2) is 0 Å². The molecule has 0 aliphatic rings. The van der Waals surface area contributed by atoms with E-state index in [9.17, 15) is 0 Å². The molecular weight excluding hydrogens is 790 g/mol. The molecule has 3 nitrogen and oxygen atoms in total. The van der Waals surface area contributed by atoms with Crippen molar-refractivity contribution in [3.8, 4) is 0 Å². The Kier molecular flexibility index (Phi) is 12.1. The molecule has 0 aliphatic heterocycles. The van der Waals surface area contributed by atoms with Gasteiger partial charge in [0.25, 0.3) is 0 Å². The average Bonchev–Trinajstić information content (AvgIpc) is 3.32. The number of hydrogen-bond acceptors (Lipinski definition) is 3. The molecule has 8 aromatic rings. The second kappa shape index (κ2) is 17.6. The van der Waals surface area contributed by atoms with E-state index in [1.54, 1.807) is 0 Å². The summed E-state index contributed by atoms with van der Waals surface area (Å²) < 4.78 is 47.0. The van der Waals surface area contributed by atoms with Gasteiger partial charge < -0.3 is 13.7 Å². The first-order chi connectivity index (χ1) is 29.1. The molecule has 0 saturated heterocycles. The van der Waals surface area contributed by atoms with Gasteiger partial charge >= 0.3 is 0 Å². The molecule has 0 amide bonds. The third kappa shape index (κ3) is 7.91. The fourth-order valence-electron chi connectivity index (χ4n) is 8.19. The van der Waals surface area contributed by atoms with Crippen LogP contribution < -0.4 is 47.7 Å². The first-order valence-corrected chi connectivity index (χ1v) is 25.7. The Hall–Kier alpha value is -5.55. The van der Waals surface area contributed by atoms with E-state index in [1.807, 2.05) is 182 Å². The third-order valence-electron chi connectivity index (χ3n) is 11.6.